The summed E-state index contributed by atoms with van der Waals surface area (Å²) < 4.78 is 0. The van der Waals surface area contributed by atoms with Crippen molar-refractivity contribution in [2.75, 3.05) is 25.1 Å². The molecule has 21 nitrogen and oxygen atoms in total. The molecule has 1 saturated heterocycles. The molecule has 0 saturated carbocycles. The number of thioether (sulfide) groups is 1. The predicted molar refractivity (Wildman–Crippen MR) is 266 cm³/mol. The summed E-state index contributed by atoms with van der Waals surface area (Å²) in [7, 11) is 0. The lowest BCUT2D eigenvalue weighted by atomic mass is 9.96. The first kappa shape index (κ1) is 58.6. The van der Waals surface area contributed by atoms with Gasteiger partial charge in [-0.05, 0) is 93.8 Å². The van der Waals surface area contributed by atoms with E-state index < -0.39 is 120 Å². The largest absolute Gasteiger partial charge is 0.480 e. The lowest BCUT2D eigenvalue weighted by Crippen LogP contribution is -2.61. The maximum Gasteiger partial charge on any atom is 0.326 e. The number of carbonyl (C=O) groups excluding carboxylic acids is 8. The standard InChI is InChI=1S/C48H76N10O11S/c1-10-27(6)39(45(65)51-24-38(60)53-35(20-25(2)3)42(62)52-28(7)41(61)54-34(48(68)69)17-19-70-9)56-43(63)36(21-26(4)5)55-46(66)40(29(8)59)57-44(64)37-16-13-18-58(37)47(67)32(49)22-30-23-50-33-15-12-11-14-31(30)33/h11-12,14-15,23,25-29,32,34-37,39-40,50,59H,10,13,16-22,24,49H2,1-9H3,(H,51,65)(H,52,62)(H,53,60)(H,54,61)(H,55,66)(H,56,63)(H,57,64)(H,68,69)/t27-,28-,29+,32-,34-,35-,36-,37-,39-,40-/m0/s1. The van der Waals surface area contributed by atoms with Gasteiger partial charge in [0.15, 0.2) is 0 Å². The van der Waals surface area contributed by atoms with E-state index in [0.717, 1.165) is 16.5 Å². The summed E-state index contributed by atoms with van der Waals surface area (Å²) in [5.74, 6) is -7.00. The molecule has 2 aromatic rings. The van der Waals surface area contributed by atoms with E-state index in [4.69, 9.17) is 5.73 Å². The Kier molecular flexibility index (Phi) is 23.6. The van der Waals surface area contributed by atoms with Crippen molar-refractivity contribution in [2.24, 2.45) is 23.5 Å². The molecule has 22 heteroatoms. The van der Waals surface area contributed by atoms with Crippen molar-refractivity contribution in [2.45, 2.75) is 155 Å². The Hall–Kier alpha value is -5.74. The molecule has 70 heavy (non-hydrogen) atoms. The van der Waals surface area contributed by atoms with Crippen LogP contribution in [0.25, 0.3) is 10.9 Å². The number of amides is 8. The molecule has 8 amide bonds. The molecule has 10 atom stereocenters. The van der Waals surface area contributed by atoms with Gasteiger partial charge in [0.1, 0.15) is 42.3 Å². The Morgan fingerprint density at radius 3 is 2.00 bits per heavy atom. The molecule has 0 spiro atoms. The number of hydrogen-bond donors (Lipinski definition) is 11. The molecule has 390 valence electrons. The molecule has 1 aromatic carbocycles. The first-order valence-corrected chi connectivity index (χ1v) is 25.5. The van der Waals surface area contributed by atoms with Crippen molar-refractivity contribution in [1.82, 2.24) is 47.1 Å². The minimum Gasteiger partial charge on any atom is -0.480 e. The number of aliphatic carboxylic acids is 1. The van der Waals surface area contributed by atoms with Crippen LogP contribution in [0.15, 0.2) is 30.5 Å². The number of nitrogens with one attached hydrogen (secondary N) is 8. The number of nitrogens with zero attached hydrogens (tertiary/aromatic N) is 1. The predicted octanol–water partition coefficient (Wildman–Crippen LogP) is 0.430. The molecule has 2 heterocycles. The Balaban J connectivity index is 1.65. The molecular weight excluding hydrogens is 925 g/mol. The number of carboxylic acids is 1. The summed E-state index contributed by atoms with van der Waals surface area (Å²) >= 11 is 1.42. The van der Waals surface area contributed by atoms with E-state index in [-0.39, 0.29) is 44.1 Å². The van der Waals surface area contributed by atoms with Crippen LogP contribution in [0.4, 0.5) is 0 Å². The molecule has 1 aromatic heterocycles. The van der Waals surface area contributed by atoms with Gasteiger partial charge in [0.05, 0.1) is 18.7 Å². The SMILES string of the molecule is CC[C@H](C)[C@H](NC(=O)[C@H](CC(C)C)NC(=O)[C@@H](NC(=O)[C@@H]1CCCN1C(=O)[C@@H](N)Cc1c[nH]c2ccccc12)[C@@H](C)O)C(=O)NCC(=O)N[C@@H](CC(C)C)C(=O)N[C@@H](C)C(=O)N[C@@H](CCSC)C(=O)O. The highest BCUT2D eigenvalue weighted by atomic mass is 32.2. The summed E-state index contributed by atoms with van der Waals surface area (Å²) in [5.41, 5.74) is 8.15. The van der Waals surface area contributed by atoms with Gasteiger partial charge in [-0.3, -0.25) is 38.4 Å². The lowest BCUT2D eigenvalue weighted by molar-refractivity contribution is -0.142. The highest BCUT2D eigenvalue weighted by molar-refractivity contribution is 7.98. The second-order valence-corrected chi connectivity index (χ2v) is 20.0. The molecule has 1 aliphatic heterocycles. The third kappa shape index (κ3) is 17.6. The first-order valence-electron chi connectivity index (χ1n) is 24.1. The zero-order valence-electron chi connectivity index (χ0n) is 41.9. The number of hydrogen-bond acceptors (Lipinski definition) is 12. The number of benzene rings is 1. The fourth-order valence-corrected chi connectivity index (χ4v) is 8.58. The molecule has 0 aliphatic carbocycles. The summed E-state index contributed by atoms with van der Waals surface area (Å²) in [6.07, 6.45) is 4.08. The average molecular weight is 1000 g/mol. The van der Waals surface area contributed by atoms with E-state index in [1.807, 2.05) is 52.0 Å². The van der Waals surface area contributed by atoms with E-state index in [1.165, 1.54) is 30.5 Å². The number of fused-ring (bicyclic) bond motifs is 1. The molecular formula is C48H76N10O11S. The summed E-state index contributed by atoms with van der Waals surface area (Å²) in [6, 6.07) is -1.64. The summed E-state index contributed by atoms with van der Waals surface area (Å²) in [5, 5.41) is 39.2. The number of H-pyrrole nitrogens is 1. The van der Waals surface area contributed by atoms with E-state index in [0.29, 0.717) is 25.0 Å². The number of carboxylic acid groups (broad SMARTS) is 1. The zero-order chi connectivity index (χ0) is 52.4. The van der Waals surface area contributed by atoms with Gasteiger partial charge in [-0.25, -0.2) is 4.79 Å². The second-order valence-electron chi connectivity index (χ2n) is 19.0. The van der Waals surface area contributed by atoms with Gasteiger partial charge >= 0.3 is 5.97 Å². The number of likely N-dealkylation sites (tertiary alicyclic amines) is 1. The van der Waals surface area contributed by atoms with Crippen LogP contribution in [0.5, 0.6) is 0 Å². The van der Waals surface area contributed by atoms with Crippen LogP contribution in [0.1, 0.15) is 99.5 Å². The molecule has 3 rings (SSSR count). The van der Waals surface area contributed by atoms with Gasteiger partial charge in [-0.1, -0.05) is 66.2 Å². The minimum atomic E-state index is -1.53. The highest BCUT2D eigenvalue weighted by Gasteiger charge is 2.40. The Bertz CT molecular complexity index is 2130. The number of rotatable bonds is 28. The number of aromatic nitrogens is 1. The molecule has 1 fully saturated rings. The Labute approximate surface area is 414 Å². The van der Waals surface area contributed by atoms with Crippen molar-refractivity contribution in [3.8, 4) is 0 Å². The third-order valence-electron chi connectivity index (χ3n) is 12.2. The van der Waals surface area contributed by atoms with Crippen LogP contribution in [-0.4, -0.2) is 153 Å². The fourth-order valence-electron chi connectivity index (χ4n) is 8.11. The van der Waals surface area contributed by atoms with E-state index >= 15 is 0 Å². The van der Waals surface area contributed by atoms with Crippen molar-refractivity contribution in [3.05, 3.63) is 36.0 Å². The monoisotopic (exact) mass is 1000 g/mol. The fraction of sp³-hybridized carbons (Fsp3) is 0.646. The molecule has 0 unspecified atom stereocenters. The third-order valence-corrected chi connectivity index (χ3v) is 12.9. The van der Waals surface area contributed by atoms with Gasteiger partial charge in [0.2, 0.25) is 47.3 Å². The van der Waals surface area contributed by atoms with Crippen molar-refractivity contribution in [1.29, 1.82) is 0 Å². The summed E-state index contributed by atoms with van der Waals surface area (Å²) in [6.45, 7) is 13.2. The molecule has 0 radical (unpaired) electrons. The lowest BCUT2D eigenvalue weighted by Gasteiger charge is -2.30. The van der Waals surface area contributed by atoms with Crippen LogP contribution >= 0.6 is 11.8 Å². The van der Waals surface area contributed by atoms with Gasteiger partial charge in [0.25, 0.3) is 0 Å². The van der Waals surface area contributed by atoms with Gasteiger partial charge in [-0.2, -0.15) is 11.8 Å². The minimum absolute atomic E-state index is 0.0885. The topological polar surface area (TPSA) is 323 Å². The number of para-hydroxylation sites is 1. The number of aromatic amines is 1. The van der Waals surface area contributed by atoms with Gasteiger partial charge < -0.3 is 63.0 Å². The molecule has 0 bridgehead atoms. The highest BCUT2D eigenvalue weighted by Crippen LogP contribution is 2.23. The zero-order valence-corrected chi connectivity index (χ0v) is 42.7. The van der Waals surface area contributed by atoms with Crippen LogP contribution in [-0.2, 0) is 49.6 Å². The number of aliphatic hydroxyl groups is 1. The van der Waals surface area contributed by atoms with Crippen LogP contribution in [0.3, 0.4) is 0 Å². The van der Waals surface area contributed by atoms with Crippen LogP contribution in [0, 0.1) is 17.8 Å². The van der Waals surface area contributed by atoms with Gasteiger partial charge in [0, 0.05) is 23.6 Å². The maximum absolute atomic E-state index is 14.0. The van der Waals surface area contributed by atoms with Crippen LogP contribution in [0.2, 0.25) is 0 Å². The quantitative estimate of drug-likeness (QED) is 0.0552. The Morgan fingerprint density at radius 2 is 1.40 bits per heavy atom. The molecule has 1 aliphatic rings. The van der Waals surface area contributed by atoms with Gasteiger partial charge in [-0.15, -0.1) is 0 Å². The van der Waals surface area contributed by atoms with Crippen molar-refractivity contribution < 1.29 is 53.4 Å². The maximum atomic E-state index is 14.0. The van der Waals surface area contributed by atoms with Crippen molar-refractivity contribution in [3.63, 3.8) is 0 Å². The molecule has 12 N–H and O–H groups in total. The number of nitrogens with two attached hydrogens (primary N) is 1. The first-order chi connectivity index (χ1) is 33.0. The van der Waals surface area contributed by atoms with E-state index in [2.05, 4.69) is 42.2 Å². The average Bonchev–Trinajstić information content (AvgIpc) is 3.96. The van der Waals surface area contributed by atoms with E-state index in [9.17, 15) is 53.4 Å². The second kappa shape index (κ2) is 28.2. The Morgan fingerprint density at radius 1 is 0.786 bits per heavy atom. The smallest absolute Gasteiger partial charge is 0.326 e. The normalized spacial score (nSPS) is 17.5. The van der Waals surface area contributed by atoms with Crippen LogP contribution < -0.4 is 43.0 Å². The number of carbonyl (C=O) groups is 9. The summed E-state index contributed by atoms with van der Waals surface area (Å²) in [4.78, 5) is 124. The van der Waals surface area contributed by atoms with Crippen molar-refractivity contribution >= 4 is 75.9 Å². The number of aliphatic hydroxyl groups excluding tert-OH is 1. The van der Waals surface area contributed by atoms with E-state index in [1.54, 1.807) is 26.3 Å².